The molecule has 0 fully saturated rings. The Labute approximate surface area is 117 Å². The molecule has 0 bridgehead atoms. The summed E-state index contributed by atoms with van der Waals surface area (Å²) in [5.41, 5.74) is -0.150. The van der Waals surface area contributed by atoms with Gasteiger partial charge in [0.1, 0.15) is 5.69 Å². The van der Waals surface area contributed by atoms with Crippen LogP contribution in [0.1, 0.15) is 20.8 Å². The highest BCUT2D eigenvalue weighted by Crippen LogP contribution is 2.21. The molecule has 2 rings (SSSR count). The van der Waals surface area contributed by atoms with E-state index in [-0.39, 0.29) is 16.3 Å². The molecule has 8 heteroatoms. The molecule has 1 aromatic carbocycles. The van der Waals surface area contributed by atoms with Crippen molar-refractivity contribution >= 4 is 29.2 Å². The van der Waals surface area contributed by atoms with Crippen LogP contribution in [0.5, 0.6) is 0 Å². The molecule has 0 aliphatic carbocycles. The first-order valence-electron chi connectivity index (χ1n) is 5.36. The Morgan fingerprint density at radius 2 is 2.10 bits per heavy atom. The Hall–Kier alpha value is -2.67. The smallest absolute Gasteiger partial charge is 0.337 e. The van der Waals surface area contributed by atoms with E-state index in [0.29, 0.717) is 5.69 Å². The minimum atomic E-state index is -1.16. The monoisotopic (exact) mass is 293 g/mol. The van der Waals surface area contributed by atoms with Crippen LogP contribution in [-0.2, 0) is 0 Å². The molecule has 0 radical (unpaired) electrons. The van der Waals surface area contributed by atoms with Crippen LogP contribution in [0.15, 0.2) is 35.4 Å². The molecule has 0 unspecified atom stereocenters. The predicted octanol–water partition coefficient (Wildman–Crippen LogP) is 1.37. The van der Waals surface area contributed by atoms with Crippen LogP contribution in [0, 0.1) is 0 Å². The zero-order valence-electron chi connectivity index (χ0n) is 9.88. The first-order valence-corrected chi connectivity index (χ1v) is 5.74. The van der Waals surface area contributed by atoms with Gasteiger partial charge in [-0.3, -0.25) is 9.59 Å². The number of nitrogens with zero attached hydrogens (tertiary/aromatic N) is 1. The average molecular weight is 294 g/mol. The van der Waals surface area contributed by atoms with Crippen molar-refractivity contribution in [2.75, 3.05) is 5.32 Å². The summed E-state index contributed by atoms with van der Waals surface area (Å²) in [6.45, 7) is 0. The Bertz CT molecular complexity index is 721. The number of carboxylic acid groups (broad SMARTS) is 1. The number of amides is 1. The fourth-order valence-electron chi connectivity index (χ4n) is 1.43. The van der Waals surface area contributed by atoms with Crippen LogP contribution < -0.4 is 10.9 Å². The van der Waals surface area contributed by atoms with Gasteiger partial charge in [0.25, 0.3) is 11.5 Å². The van der Waals surface area contributed by atoms with E-state index in [1.165, 1.54) is 24.4 Å². The minimum absolute atomic E-state index is 0.00438. The maximum absolute atomic E-state index is 11.8. The molecular weight excluding hydrogens is 286 g/mol. The Kier molecular flexibility index (Phi) is 3.81. The SMILES string of the molecule is O=C(Nc1ccc(C(=O)O)c(Cl)c1)c1c[nH]c(=O)cn1. The summed E-state index contributed by atoms with van der Waals surface area (Å²) >= 11 is 5.78. The number of carbonyl (C=O) groups excluding carboxylic acids is 1. The number of halogens is 1. The molecule has 0 saturated carbocycles. The maximum Gasteiger partial charge on any atom is 0.337 e. The zero-order chi connectivity index (χ0) is 14.7. The van der Waals surface area contributed by atoms with Gasteiger partial charge in [0.15, 0.2) is 0 Å². The number of aromatic amines is 1. The highest BCUT2D eigenvalue weighted by atomic mass is 35.5. The third kappa shape index (κ3) is 3.01. The Morgan fingerprint density at radius 1 is 1.35 bits per heavy atom. The van der Waals surface area contributed by atoms with Crippen molar-refractivity contribution in [3.05, 3.63) is 57.2 Å². The lowest BCUT2D eigenvalue weighted by molar-refractivity contribution is 0.0697. The number of anilines is 1. The zero-order valence-corrected chi connectivity index (χ0v) is 10.6. The summed E-state index contributed by atoms with van der Waals surface area (Å²) in [5, 5.41) is 11.3. The fraction of sp³-hybridized carbons (Fsp3) is 0. The van der Waals surface area contributed by atoms with E-state index in [9.17, 15) is 14.4 Å². The van der Waals surface area contributed by atoms with E-state index in [0.717, 1.165) is 6.20 Å². The average Bonchev–Trinajstić information content (AvgIpc) is 2.39. The van der Waals surface area contributed by atoms with Crippen LogP contribution in [0.2, 0.25) is 5.02 Å². The standard InChI is InChI=1S/C12H8ClN3O4/c13-8-3-6(1-2-7(8)12(19)20)16-11(18)9-4-15-10(17)5-14-9/h1-5H,(H,15,17)(H,16,18)(H,19,20). The summed E-state index contributed by atoms with van der Waals surface area (Å²) in [6.07, 6.45) is 2.15. The molecule has 1 aromatic heterocycles. The summed E-state index contributed by atoms with van der Waals surface area (Å²) in [5.74, 6) is -1.71. The van der Waals surface area contributed by atoms with Gasteiger partial charge in [-0.15, -0.1) is 0 Å². The number of carboxylic acids is 1. The van der Waals surface area contributed by atoms with E-state index in [2.05, 4.69) is 15.3 Å². The van der Waals surface area contributed by atoms with E-state index in [1.807, 2.05) is 0 Å². The third-order valence-corrected chi connectivity index (χ3v) is 2.67. The lowest BCUT2D eigenvalue weighted by Gasteiger charge is -2.06. The molecule has 0 aliphatic rings. The summed E-state index contributed by atoms with van der Waals surface area (Å²) < 4.78 is 0. The summed E-state index contributed by atoms with van der Waals surface area (Å²) in [6, 6.07) is 3.99. The number of carbonyl (C=O) groups is 2. The lowest BCUT2D eigenvalue weighted by Crippen LogP contribution is -2.17. The van der Waals surface area contributed by atoms with Gasteiger partial charge < -0.3 is 15.4 Å². The number of rotatable bonds is 3. The van der Waals surface area contributed by atoms with E-state index in [4.69, 9.17) is 16.7 Å². The number of hydrogen-bond donors (Lipinski definition) is 3. The Morgan fingerprint density at radius 3 is 2.65 bits per heavy atom. The van der Waals surface area contributed by atoms with Crippen LogP contribution >= 0.6 is 11.6 Å². The molecule has 102 valence electrons. The van der Waals surface area contributed by atoms with Gasteiger partial charge >= 0.3 is 5.97 Å². The van der Waals surface area contributed by atoms with Crippen LogP contribution in [0.3, 0.4) is 0 Å². The number of aromatic nitrogens is 2. The quantitative estimate of drug-likeness (QED) is 0.791. The molecule has 3 N–H and O–H groups in total. The highest BCUT2D eigenvalue weighted by molar-refractivity contribution is 6.33. The topological polar surface area (TPSA) is 112 Å². The molecule has 1 amide bonds. The van der Waals surface area contributed by atoms with Crippen molar-refractivity contribution < 1.29 is 14.7 Å². The van der Waals surface area contributed by atoms with E-state index < -0.39 is 17.4 Å². The van der Waals surface area contributed by atoms with Gasteiger partial charge in [0.05, 0.1) is 16.8 Å². The second kappa shape index (κ2) is 5.54. The molecule has 7 nitrogen and oxygen atoms in total. The first kappa shape index (κ1) is 13.8. The van der Waals surface area contributed by atoms with Crippen molar-refractivity contribution in [2.24, 2.45) is 0 Å². The van der Waals surface area contributed by atoms with Gasteiger partial charge in [0.2, 0.25) is 0 Å². The number of aromatic carboxylic acids is 1. The van der Waals surface area contributed by atoms with Crippen LogP contribution in [0.4, 0.5) is 5.69 Å². The normalized spacial score (nSPS) is 10.1. The lowest BCUT2D eigenvalue weighted by atomic mass is 10.2. The Balaban J connectivity index is 2.20. The molecule has 2 aromatic rings. The molecule has 1 heterocycles. The number of hydrogen-bond acceptors (Lipinski definition) is 4. The molecule has 0 aliphatic heterocycles. The van der Waals surface area contributed by atoms with Crippen molar-refractivity contribution in [2.45, 2.75) is 0 Å². The number of nitrogens with one attached hydrogen (secondary N) is 2. The van der Waals surface area contributed by atoms with Gasteiger partial charge in [-0.2, -0.15) is 0 Å². The van der Waals surface area contributed by atoms with Crippen LogP contribution in [-0.4, -0.2) is 27.0 Å². The fourth-order valence-corrected chi connectivity index (χ4v) is 1.69. The first-order chi connectivity index (χ1) is 9.47. The maximum atomic E-state index is 11.8. The minimum Gasteiger partial charge on any atom is -0.478 e. The molecule has 20 heavy (non-hydrogen) atoms. The van der Waals surface area contributed by atoms with E-state index in [1.54, 1.807) is 0 Å². The number of H-pyrrole nitrogens is 1. The van der Waals surface area contributed by atoms with Crippen molar-refractivity contribution in [1.29, 1.82) is 0 Å². The van der Waals surface area contributed by atoms with Gasteiger partial charge in [-0.05, 0) is 18.2 Å². The molecule has 0 atom stereocenters. The third-order valence-electron chi connectivity index (χ3n) is 2.36. The van der Waals surface area contributed by atoms with Crippen molar-refractivity contribution in [3.8, 4) is 0 Å². The predicted molar refractivity (Wildman–Crippen MR) is 71.2 cm³/mol. The highest BCUT2D eigenvalue weighted by Gasteiger charge is 2.11. The van der Waals surface area contributed by atoms with Gasteiger partial charge in [-0.1, -0.05) is 11.6 Å². The summed E-state index contributed by atoms with van der Waals surface area (Å²) in [4.78, 5) is 39.4. The van der Waals surface area contributed by atoms with Gasteiger partial charge in [-0.25, -0.2) is 9.78 Å². The van der Waals surface area contributed by atoms with Gasteiger partial charge in [0, 0.05) is 11.9 Å². The van der Waals surface area contributed by atoms with Crippen LogP contribution in [0.25, 0.3) is 0 Å². The van der Waals surface area contributed by atoms with Crippen molar-refractivity contribution in [3.63, 3.8) is 0 Å². The summed E-state index contributed by atoms with van der Waals surface area (Å²) in [7, 11) is 0. The van der Waals surface area contributed by atoms with E-state index >= 15 is 0 Å². The molecular formula is C12H8ClN3O4. The van der Waals surface area contributed by atoms with Crippen molar-refractivity contribution in [1.82, 2.24) is 9.97 Å². The molecule has 0 saturated heterocycles. The second-order valence-electron chi connectivity index (χ2n) is 3.75. The molecule has 0 spiro atoms. The second-order valence-corrected chi connectivity index (χ2v) is 4.16. The number of benzene rings is 1. The largest absolute Gasteiger partial charge is 0.478 e.